The lowest BCUT2D eigenvalue weighted by atomic mass is 10.3. The third kappa shape index (κ3) is 4.96. The van der Waals surface area contributed by atoms with Gasteiger partial charge in [0, 0.05) is 45.5 Å². The molecule has 0 aliphatic rings. The normalized spacial score (nSPS) is 10.3. The number of nitrogens with one attached hydrogen (secondary N) is 2. The van der Waals surface area contributed by atoms with Crippen LogP contribution >= 0.6 is 0 Å². The maximum absolute atomic E-state index is 11.4. The average Bonchev–Trinajstić information content (AvgIpc) is 2.33. The van der Waals surface area contributed by atoms with Crippen LogP contribution in [0.4, 0.5) is 0 Å². The van der Waals surface area contributed by atoms with Crippen molar-refractivity contribution in [3.05, 3.63) is 33.1 Å². The summed E-state index contributed by atoms with van der Waals surface area (Å²) in [5.41, 5.74) is -0.949. The Kier molecular flexibility index (Phi) is 5.86. The minimum absolute atomic E-state index is 0.135. The number of ether oxygens (including phenoxy) is 1. The van der Waals surface area contributed by atoms with E-state index in [2.05, 4.69) is 10.3 Å². The molecule has 2 N–H and O–H groups in total. The fraction of sp³-hybridized carbons (Fsp3) is 0.545. The molecule has 0 atom stereocenters. The van der Waals surface area contributed by atoms with E-state index in [0.29, 0.717) is 13.2 Å². The Balaban J connectivity index is 2.34. The third-order valence-corrected chi connectivity index (χ3v) is 2.32. The molecule has 0 fully saturated rings. The van der Waals surface area contributed by atoms with Gasteiger partial charge in [-0.05, 0) is 6.42 Å². The van der Waals surface area contributed by atoms with Gasteiger partial charge >= 0.3 is 5.69 Å². The summed E-state index contributed by atoms with van der Waals surface area (Å²) in [4.78, 5) is 35.7. The van der Waals surface area contributed by atoms with E-state index in [1.165, 1.54) is 16.8 Å². The second kappa shape index (κ2) is 7.44. The zero-order chi connectivity index (χ0) is 13.4. The first-order valence-electron chi connectivity index (χ1n) is 5.69. The van der Waals surface area contributed by atoms with Crippen molar-refractivity contribution in [1.82, 2.24) is 14.9 Å². The SMILES string of the molecule is COCCCNC(=O)CCn1ccc(=O)[nH]c1=O. The second-order valence-electron chi connectivity index (χ2n) is 3.75. The first-order valence-corrected chi connectivity index (χ1v) is 5.69. The van der Waals surface area contributed by atoms with Gasteiger partial charge in [0.15, 0.2) is 0 Å². The molecule has 0 spiro atoms. The molecule has 0 aliphatic carbocycles. The van der Waals surface area contributed by atoms with E-state index < -0.39 is 11.2 Å². The van der Waals surface area contributed by atoms with Crippen molar-refractivity contribution in [2.45, 2.75) is 19.4 Å². The number of methoxy groups -OCH3 is 1. The van der Waals surface area contributed by atoms with Gasteiger partial charge in [-0.25, -0.2) is 4.79 Å². The van der Waals surface area contributed by atoms with Crippen molar-refractivity contribution in [3.8, 4) is 0 Å². The number of hydrogen-bond acceptors (Lipinski definition) is 4. The molecule has 0 unspecified atom stereocenters. The summed E-state index contributed by atoms with van der Waals surface area (Å²) >= 11 is 0. The minimum atomic E-state index is -0.505. The molecule has 0 radical (unpaired) electrons. The zero-order valence-electron chi connectivity index (χ0n) is 10.3. The lowest BCUT2D eigenvalue weighted by Gasteiger charge is -2.06. The van der Waals surface area contributed by atoms with E-state index in [-0.39, 0.29) is 18.9 Å². The van der Waals surface area contributed by atoms with Crippen molar-refractivity contribution in [2.75, 3.05) is 20.3 Å². The van der Waals surface area contributed by atoms with Crippen molar-refractivity contribution in [1.29, 1.82) is 0 Å². The largest absolute Gasteiger partial charge is 0.385 e. The van der Waals surface area contributed by atoms with Gasteiger partial charge < -0.3 is 14.6 Å². The highest BCUT2D eigenvalue weighted by Crippen LogP contribution is 1.86. The maximum Gasteiger partial charge on any atom is 0.328 e. The maximum atomic E-state index is 11.4. The average molecular weight is 255 g/mol. The Morgan fingerprint density at radius 3 is 2.94 bits per heavy atom. The summed E-state index contributed by atoms with van der Waals surface area (Å²) in [6, 6.07) is 1.25. The molecule has 1 heterocycles. The zero-order valence-corrected chi connectivity index (χ0v) is 10.3. The van der Waals surface area contributed by atoms with Gasteiger partial charge in [0.05, 0.1) is 0 Å². The lowest BCUT2D eigenvalue weighted by molar-refractivity contribution is -0.121. The number of hydrogen-bond donors (Lipinski definition) is 2. The quantitative estimate of drug-likeness (QED) is 0.616. The monoisotopic (exact) mass is 255 g/mol. The van der Waals surface area contributed by atoms with Crippen molar-refractivity contribution in [3.63, 3.8) is 0 Å². The number of H-pyrrole nitrogens is 1. The molecule has 1 aromatic heterocycles. The van der Waals surface area contributed by atoms with E-state index in [0.717, 1.165) is 6.42 Å². The van der Waals surface area contributed by atoms with Crippen LogP contribution in [0, 0.1) is 0 Å². The predicted octanol–water partition coefficient (Wildman–Crippen LogP) is -0.921. The highest BCUT2D eigenvalue weighted by atomic mass is 16.5. The van der Waals surface area contributed by atoms with Gasteiger partial charge in [0.1, 0.15) is 0 Å². The van der Waals surface area contributed by atoms with E-state index in [9.17, 15) is 14.4 Å². The van der Waals surface area contributed by atoms with Gasteiger partial charge in [0.25, 0.3) is 5.56 Å². The Labute approximate surface area is 104 Å². The van der Waals surface area contributed by atoms with Crippen LogP contribution in [0.2, 0.25) is 0 Å². The van der Waals surface area contributed by atoms with Crippen molar-refractivity contribution < 1.29 is 9.53 Å². The van der Waals surface area contributed by atoms with Gasteiger partial charge in [-0.15, -0.1) is 0 Å². The molecule has 1 aromatic rings. The van der Waals surface area contributed by atoms with Crippen LogP contribution in [0.3, 0.4) is 0 Å². The van der Waals surface area contributed by atoms with E-state index in [4.69, 9.17) is 4.74 Å². The van der Waals surface area contributed by atoms with Gasteiger partial charge in [0.2, 0.25) is 5.91 Å². The molecule has 100 valence electrons. The first kappa shape index (κ1) is 14.2. The smallest absolute Gasteiger partial charge is 0.328 e. The number of amides is 1. The third-order valence-electron chi connectivity index (χ3n) is 2.32. The summed E-state index contributed by atoms with van der Waals surface area (Å²) < 4.78 is 6.14. The standard InChI is InChI=1S/C11H17N3O4/c1-18-8-2-5-12-9(15)3-6-14-7-4-10(16)13-11(14)17/h4,7H,2-3,5-6,8H2,1H3,(H,12,15)(H,13,16,17). The topological polar surface area (TPSA) is 93.2 Å². The lowest BCUT2D eigenvalue weighted by Crippen LogP contribution is -2.31. The second-order valence-corrected chi connectivity index (χ2v) is 3.75. The molecule has 0 saturated heterocycles. The number of aromatic amines is 1. The Morgan fingerprint density at radius 2 is 2.28 bits per heavy atom. The summed E-state index contributed by atoms with van der Waals surface area (Å²) in [7, 11) is 1.60. The summed E-state index contributed by atoms with van der Waals surface area (Å²) in [6.45, 7) is 1.39. The van der Waals surface area contributed by atoms with Crippen LogP contribution in [-0.4, -0.2) is 35.7 Å². The van der Waals surface area contributed by atoms with Gasteiger partial charge in [-0.3, -0.25) is 14.6 Å². The molecule has 18 heavy (non-hydrogen) atoms. The summed E-state index contributed by atoms with van der Waals surface area (Å²) in [6.07, 6.45) is 2.32. The highest BCUT2D eigenvalue weighted by Gasteiger charge is 2.02. The van der Waals surface area contributed by atoms with E-state index in [1.54, 1.807) is 7.11 Å². The van der Waals surface area contributed by atoms with Crippen LogP contribution in [0.5, 0.6) is 0 Å². The Morgan fingerprint density at radius 1 is 1.50 bits per heavy atom. The predicted molar refractivity (Wildman–Crippen MR) is 65.4 cm³/mol. The summed E-state index contributed by atoms with van der Waals surface area (Å²) in [5.74, 6) is -0.135. The van der Waals surface area contributed by atoms with E-state index >= 15 is 0 Å². The van der Waals surface area contributed by atoms with Crippen LogP contribution < -0.4 is 16.6 Å². The highest BCUT2D eigenvalue weighted by molar-refractivity contribution is 5.75. The molecule has 1 amide bonds. The summed E-state index contributed by atoms with van der Waals surface area (Å²) in [5, 5.41) is 2.71. The number of carbonyl (C=O) groups excluding carboxylic acids is 1. The first-order chi connectivity index (χ1) is 8.63. The molecular weight excluding hydrogens is 238 g/mol. The van der Waals surface area contributed by atoms with Gasteiger partial charge in [-0.2, -0.15) is 0 Å². The molecule has 0 saturated carbocycles. The van der Waals surface area contributed by atoms with E-state index in [1.807, 2.05) is 0 Å². The molecule has 1 rings (SSSR count). The molecule has 7 heteroatoms. The fourth-order valence-corrected chi connectivity index (χ4v) is 1.38. The number of carbonyl (C=O) groups is 1. The molecule has 7 nitrogen and oxygen atoms in total. The number of nitrogens with zero attached hydrogens (tertiary/aromatic N) is 1. The Hall–Kier alpha value is -1.89. The van der Waals surface area contributed by atoms with Crippen molar-refractivity contribution in [2.24, 2.45) is 0 Å². The number of rotatable bonds is 7. The molecular formula is C11H17N3O4. The van der Waals surface area contributed by atoms with Crippen molar-refractivity contribution >= 4 is 5.91 Å². The number of aryl methyl sites for hydroxylation is 1. The van der Waals surface area contributed by atoms with Crippen LogP contribution in [0.1, 0.15) is 12.8 Å². The number of aromatic nitrogens is 2. The van der Waals surface area contributed by atoms with Crippen LogP contribution in [0.15, 0.2) is 21.9 Å². The van der Waals surface area contributed by atoms with Crippen LogP contribution in [0.25, 0.3) is 0 Å². The minimum Gasteiger partial charge on any atom is -0.385 e. The molecule has 0 aliphatic heterocycles. The molecule has 0 aromatic carbocycles. The van der Waals surface area contributed by atoms with Gasteiger partial charge in [-0.1, -0.05) is 0 Å². The van der Waals surface area contributed by atoms with Crippen LogP contribution in [-0.2, 0) is 16.1 Å². The fourth-order valence-electron chi connectivity index (χ4n) is 1.38. The Bertz CT molecular complexity index is 492. The molecule has 0 bridgehead atoms.